The molecule has 0 fully saturated rings. The molecule has 6 heterocycles. The SMILES string of the molecule is Cc1[nH]nc2ncc(-c3nnc(NC(=O)[C@H](Cc4cccc(C(F)(F)F)c4)NC(=O)OC(C)(C)C)s3)cc12.Cc1[nH]nc2ncc(-c3nnc(NC[C@@H](N)Cc4cccc(C(F)(F)F)c4)s3)cc12. The number of fused-ring (bicyclic) bond motifs is 2. The molecule has 2 aromatic carbocycles. The van der Waals surface area contributed by atoms with E-state index in [1.807, 2.05) is 26.0 Å². The van der Waals surface area contributed by atoms with Crippen LogP contribution in [-0.4, -0.2) is 87.0 Å². The van der Waals surface area contributed by atoms with E-state index < -0.39 is 47.1 Å². The predicted molar refractivity (Wildman–Crippen MR) is 244 cm³/mol. The largest absolute Gasteiger partial charge is 0.444 e. The van der Waals surface area contributed by atoms with Crippen molar-refractivity contribution in [2.45, 2.75) is 77.5 Å². The maximum Gasteiger partial charge on any atom is 0.416 e. The summed E-state index contributed by atoms with van der Waals surface area (Å²) in [6, 6.07) is 11.9. The first-order chi connectivity index (χ1) is 32.1. The number of amides is 2. The minimum atomic E-state index is -4.55. The van der Waals surface area contributed by atoms with Crippen molar-refractivity contribution < 1.29 is 40.7 Å². The molecule has 0 radical (unpaired) electrons. The summed E-state index contributed by atoms with van der Waals surface area (Å²) in [5.74, 6) is -0.699. The molecule has 17 nitrogen and oxygen atoms in total. The van der Waals surface area contributed by atoms with Gasteiger partial charge in [-0.3, -0.25) is 20.3 Å². The highest BCUT2D eigenvalue weighted by Crippen LogP contribution is 2.33. The first-order valence-corrected chi connectivity index (χ1v) is 22.1. The van der Waals surface area contributed by atoms with Crippen LogP contribution in [0.3, 0.4) is 0 Å². The number of carbonyl (C=O) groups is 2. The van der Waals surface area contributed by atoms with Crippen molar-refractivity contribution in [1.29, 1.82) is 0 Å². The number of halogens is 6. The number of nitrogens with two attached hydrogens (primary N) is 1. The molecule has 2 amide bonds. The minimum absolute atomic E-state index is 0.133. The van der Waals surface area contributed by atoms with Crippen LogP contribution >= 0.6 is 22.7 Å². The fourth-order valence-electron chi connectivity index (χ4n) is 6.50. The highest BCUT2D eigenvalue weighted by molar-refractivity contribution is 7.18. The lowest BCUT2D eigenvalue weighted by Gasteiger charge is -2.23. The average molecular weight is 981 g/mol. The number of pyridine rings is 2. The number of hydrogen-bond acceptors (Lipinski definition) is 15. The molecule has 0 aliphatic rings. The van der Waals surface area contributed by atoms with Gasteiger partial charge in [-0.05, 0) is 76.4 Å². The normalized spacial score (nSPS) is 12.9. The lowest BCUT2D eigenvalue weighted by molar-refractivity contribution is -0.138. The van der Waals surface area contributed by atoms with Crippen molar-refractivity contribution in [1.82, 2.24) is 56.1 Å². The predicted octanol–water partition coefficient (Wildman–Crippen LogP) is 8.66. The smallest absolute Gasteiger partial charge is 0.416 e. The van der Waals surface area contributed by atoms with Gasteiger partial charge in [0.05, 0.1) is 11.1 Å². The zero-order valence-corrected chi connectivity index (χ0v) is 38.3. The van der Waals surface area contributed by atoms with E-state index in [-0.39, 0.29) is 23.2 Å². The molecule has 68 heavy (non-hydrogen) atoms. The van der Waals surface area contributed by atoms with E-state index >= 15 is 0 Å². The van der Waals surface area contributed by atoms with Gasteiger partial charge in [-0.25, -0.2) is 14.8 Å². The molecule has 0 unspecified atom stereocenters. The number of ether oxygens (including phenoxy) is 1. The number of nitrogens with one attached hydrogen (secondary N) is 5. The van der Waals surface area contributed by atoms with Gasteiger partial charge < -0.3 is 21.1 Å². The quantitative estimate of drug-likeness (QED) is 0.0629. The molecule has 0 saturated heterocycles. The van der Waals surface area contributed by atoms with Crippen molar-refractivity contribution in [3.8, 4) is 21.1 Å². The summed E-state index contributed by atoms with van der Waals surface area (Å²) < 4.78 is 83.3. The number of aromatic nitrogens is 10. The van der Waals surface area contributed by atoms with Gasteiger partial charge in [-0.15, -0.1) is 20.4 Å². The topological polar surface area (TPSA) is 240 Å². The van der Waals surface area contributed by atoms with Crippen molar-refractivity contribution in [2.75, 3.05) is 17.2 Å². The van der Waals surface area contributed by atoms with Crippen LogP contribution in [0.1, 0.15) is 54.4 Å². The Morgan fingerprint density at radius 2 is 1.22 bits per heavy atom. The van der Waals surface area contributed by atoms with Crippen molar-refractivity contribution in [2.24, 2.45) is 5.73 Å². The van der Waals surface area contributed by atoms with Gasteiger partial charge in [-0.1, -0.05) is 59.1 Å². The van der Waals surface area contributed by atoms with E-state index in [0.29, 0.717) is 50.5 Å². The number of benzene rings is 2. The van der Waals surface area contributed by atoms with Crippen LogP contribution in [0.5, 0.6) is 0 Å². The molecular weight excluding hydrogens is 939 g/mol. The fraction of sp³-hybridized carbons (Fsp3) is 0.302. The number of aromatic amines is 2. The van der Waals surface area contributed by atoms with E-state index in [0.717, 1.165) is 63.3 Å². The molecule has 7 N–H and O–H groups in total. The summed E-state index contributed by atoms with van der Waals surface area (Å²) in [5.41, 5.74) is 8.86. The summed E-state index contributed by atoms with van der Waals surface area (Å²) in [4.78, 5) is 34.1. The van der Waals surface area contributed by atoms with Gasteiger partial charge in [-0.2, -0.15) is 36.5 Å². The third kappa shape index (κ3) is 12.6. The van der Waals surface area contributed by atoms with Crippen LogP contribution in [0.2, 0.25) is 0 Å². The van der Waals surface area contributed by atoms with E-state index in [4.69, 9.17) is 10.5 Å². The zero-order valence-electron chi connectivity index (χ0n) is 36.7. The van der Waals surface area contributed by atoms with E-state index in [1.165, 1.54) is 29.5 Å². The molecule has 356 valence electrons. The summed E-state index contributed by atoms with van der Waals surface area (Å²) in [7, 11) is 0. The third-order valence-corrected chi connectivity index (χ3v) is 11.6. The Labute approximate surface area is 390 Å². The first-order valence-electron chi connectivity index (χ1n) is 20.5. The Balaban J connectivity index is 0.000000207. The second kappa shape index (κ2) is 20.0. The van der Waals surface area contributed by atoms with Crippen LogP contribution < -0.4 is 21.7 Å². The molecule has 8 aromatic rings. The van der Waals surface area contributed by atoms with Gasteiger partial charge >= 0.3 is 18.4 Å². The Bertz CT molecular complexity index is 3050. The Morgan fingerprint density at radius 3 is 1.74 bits per heavy atom. The Morgan fingerprint density at radius 1 is 0.721 bits per heavy atom. The van der Waals surface area contributed by atoms with Crippen molar-refractivity contribution in [3.63, 3.8) is 0 Å². The molecular formula is C43H42F6N14O3S2. The molecule has 0 bridgehead atoms. The molecule has 0 aliphatic heterocycles. The lowest BCUT2D eigenvalue weighted by Crippen LogP contribution is -2.47. The highest BCUT2D eigenvalue weighted by atomic mass is 32.1. The first kappa shape index (κ1) is 48.8. The summed E-state index contributed by atoms with van der Waals surface area (Å²) in [6.07, 6.45) is -6.46. The number of hydrogen-bond donors (Lipinski definition) is 6. The standard InChI is InChI=1S/C24H24F3N7O3S.C19H18F3N7S/c1-12-16-10-14(11-28-18(16)32-31-12)20-33-34-21(38-20)30-19(35)17(29-22(36)37-23(2,3)4)9-13-6-5-7-15(8-13)24(25,26)27;1-10-15-7-12(8-24-16(15)27-26-10)17-28-29-18(30-17)25-9-14(23)6-11-3-2-4-13(5-11)19(20,21)22/h5-8,10-11,17H,9H2,1-4H3,(H,29,36)(H,28,31,32)(H,30,34,35);2-5,7-8,14H,6,9,23H2,1H3,(H,25,29)(H,24,26,27)/t17-;14-/m00/s1. The molecule has 0 spiro atoms. The van der Waals surface area contributed by atoms with Crippen LogP contribution in [0.25, 0.3) is 43.2 Å². The monoisotopic (exact) mass is 980 g/mol. The fourth-order valence-corrected chi connectivity index (χ4v) is 7.96. The Kier molecular flexibility index (Phi) is 14.4. The number of alkyl carbamates (subject to hydrolysis) is 1. The van der Waals surface area contributed by atoms with Gasteiger partial charge in [0, 0.05) is 64.7 Å². The second-order valence-corrected chi connectivity index (χ2v) is 18.3. The lowest BCUT2D eigenvalue weighted by atomic mass is 10.0. The van der Waals surface area contributed by atoms with Crippen LogP contribution in [-0.2, 0) is 34.7 Å². The van der Waals surface area contributed by atoms with E-state index in [1.54, 1.807) is 39.2 Å². The summed E-state index contributed by atoms with van der Waals surface area (Å²) >= 11 is 2.42. The Hall–Kier alpha value is -7.12. The van der Waals surface area contributed by atoms with Crippen molar-refractivity contribution in [3.05, 3.63) is 107 Å². The number of anilines is 2. The van der Waals surface area contributed by atoms with Crippen molar-refractivity contribution >= 4 is 67.0 Å². The molecule has 8 rings (SSSR count). The minimum Gasteiger partial charge on any atom is -0.444 e. The maximum atomic E-state index is 13.2. The molecule has 0 aliphatic carbocycles. The van der Waals surface area contributed by atoms with Crippen LogP contribution in [0, 0.1) is 13.8 Å². The number of alkyl halides is 6. The van der Waals surface area contributed by atoms with E-state index in [2.05, 4.69) is 66.7 Å². The van der Waals surface area contributed by atoms with Gasteiger partial charge in [0.15, 0.2) is 21.3 Å². The van der Waals surface area contributed by atoms with Gasteiger partial charge in [0.1, 0.15) is 11.6 Å². The highest BCUT2D eigenvalue weighted by Gasteiger charge is 2.32. The van der Waals surface area contributed by atoms with Crippen LogP contribution in [0.15, 0.2) is 73.1 Å². The van der Waals surface area contributed by atoms with E-state index in [9.17, 15) is 35.9 Å². The molecule has 6 aromatic heterocycles. The molecule has 25 heteroatoms. The zero-order chi connectivity index (χ0) is 49.0. The second-order valence-electron chi connectivity index (χ2n) is 16.3. The summed E-state index contributed by atoms with van der Waals surface area (Å²) in [5, 5.41) is 42.0. The number of carbonyl (C=O) groups excluding carboxylic acids is 2. The van der Waals surface area contributed by atoms with Gasteiger partial charge in [0.2, 0.25) is 16.2 Å². The van der Waals surface area contributed by atoms with Crippen LogP contribution in [0.4, 0.5) is 41.4 Å². The average Bonchev–Trinajstić information content (AvgIpc) is 4.10. The number of nitrogens with zero attached hydrogens (tertiary/aromatic N) is 8. The molecule has 2 atom stereocenters. The summed E-state index contributed by atoms with van der Waals surface area (Å²) in [6.45, 7) is 9.06. The number of H-pyrrole nitrogens is 2. The number of rotatable bonds is 12. The maximum absolute atomic E-state index is 13.2. The van der Waals surface area contributed by atoms with Gasteiger partial charge in [0.25, 0.3) is 0 Å². The number of aryl methyl sites for hydroxylation is 2. The third-order valence-electron chi connectivity index (χ3n) is 9.74. The molecule has 0 saturated carbocycles.